The number of pyridine rings is 1. The molecule has 2 aromatic heterocycles. The average molecular weight is 469 g/mol. The number of benzene rings is 1. The van der Waals surface area contributed by atoms with Crippen LogP contribution in [-0.2, 0) is 0 Å². The van der Waals surface area contributed by atoms with Gasteiger partial charge >= 0.3 is 0 Å². The van der Waals surface area contributed by atoms with Crippen molar-refractivity contribution in [2.24, 2.45) is 0 Å². The summed E-state index contributed by atoms with van der Waals surface area (Å²) < 4.78 is 2.95. The number of fused-ring (bicyclic) bond motifs is 1. The first kappa shape index (κ1) is 15.1. The van der Waals surface area contributed by atoms with Crippen molar-refractivity contribution in [2.75, 3.05) is 0 Å². The maximum absolute atomic E-state index is 6.18. The van der Waals surface area contributed by atoms with Crippen LogP contribution >= 0.6 is 39.1 Å². The molecule has 98 valence electrons. The van der Waals surface area contributed by atoms with Crippen LogP contribution in [0.3, 0.4) is 0 Å². The summed E-state index contributed by atoms with van der Waals surface area (Å²) in [6.07, 6.45) is 3.89. The van der Waals surface area contributed by atoms with Gasteiger partial charge in [-0.2, -0.15) is 0 Å². The summed E-state index contributed by atoms with van der Waals surface area (Å²) in [5.74, 6) is 0. The van der Waals surface area contributed by atoms with E-state index in [2.05, 4.69) is 20.9 Å². The highest BCUT2D eigenvalue weighted by Crippen LogP contribution is 2.30. The van der Waals surface area contributed by atoms with Gasteiger partial charge in [0, 0.05) is 27.5 Å². The molecule has 2 nitrogen and oxygen atoms in total. The molecule has 0 radical (unpaired) electrons. The third-order valence-corrected chi connectivity index (χ3v) is 3.64. The molecule has 3 rings (SSSR count). The molecule has 0 aliphatic rings. The lowest BCUT2D eigenvalue weighted by Gasteiger charge is -2.00. The van der Waals surface area contributed by atoms with Crippen LogP contribution < -0.4 is 24.0 Å². The van der Waals surface area contributed by atoms with Crippen LogP contribution in [0.5, 0.6) is 0 Å². The molecule has 0 aliphatic carbocycles. The van der Waals surface area contributed by atoms with Crippen molar-refractivity contribution in [3.8, 4) is 11.3 Å². The Morgan fingerprint density at radius 2 is 1.84 bits per heavy atom. The molecule has 0 fully saturated rings. The fraction of sp³-hybridized carbons (Fsp3) is 0. The first-order valence-corrected chi connectivity index (χ1v) is 6.78. The Morgan fingerprint density at radius 3 is 2.58 bits per heavy atom. The number of halogens is 4. The minimum absolute atomic E-state index is 0. The topological polar surface area (TPSA) is 17.3 Å². The lowest BCUT2D eigenvalue weighted by Crippen LogP contribution is -3.00. The van der Waals surface area contributed by atoms with E-state index in [1.165, 1.54) is 0 Å². The summed E-state index contributed by atoms with van der Waals surface area (Å²) in [4.78, 5) is 4.53. The maximum Gasteiger partial charge on any atom is 0.137 e. The summed E-state index contributed by atoms with van der Waals surface area (Å²) in [5.41, 5.74) is 2.58. The lowest BCUT2D eigenvalue weighted by molar-refractivity contribution is -0.00000332. The molecular weight excluding hydrogens is 462 g/mol. The Morgan fingerprint density at radius 1 is 1.05 bits per heavy atom. The number of hydrogen-bond donors (Lipinski definition) is 0. The molecule has 0 unspecified atom stereocenters. The number of hydrogen-bond acceptors (Lipinski definition) is 1. The second kappa shape index (κ2) is 5.99. The van der Waals surface area contributed by atoms with Gasteiger partial charge in [0.25, 0.3) is 0 Å². The standard InChI is InChI=1S/C13H7BrCl2N2.HI/c14-8-1-4-13-17-12(7-18(13)6-8)10-3-2-9(15)5-11(10)16;/h1-7H;1H/p-1. The number of nitrogens with zero attached hydrogens (tertiary/aromatic N) is 2. The molecule has 0 N–H and O–H groups in total. The van der Waals surface area contributed by atoms with Crippen LogP contribution in [0.4, 0.5) is 0 Å². The van der Waals surface area contributed by atoms with E-state index in [1.807, 2.05) is 41.1 Å². The number of imidazole rings is 1. The summed E-state index contributed by atoms with van der Waals surface area (Å²) in [6.45, 7) is 0. The van der Waals surface area contributed by atoms with E-state index in [9.17, 15) is 0 Å². The van der Waals surface area contributed by atoms with Crippen molar-refractivity contribution in [2.45, 2.75) is 0 Å². The summed E-state index contributed by atoms with van der Waals surface area (Å²) in [6, 6.07) is 9.30. The molecule has 3 aromatic rings. The van der Waals surface area contributed by atoms with Crippen molar-refractivity contribution >= 4 is 44.8 Å². The van der Waals surface area contributed by atoms with E-state index >= 15 is 0 Å². The Balaban J connectivity index is 0.00000133. The molecule has 0 saturated carbocycles. The van der Waals surface area contributed by atoms with Crippen molar-refractivity contribution < 1.29 is 24.0 Å². The predicted octanol–water partition coefficient (Wildman–Crippen LogP) is 2.07. The van der Waals surface area contributed by atoms with Gasteiger partial charge in [0.1, 0.15) is 5.65 Å². The highest BCUT2D eigenvalue weighted by molar-refractivity contribution is 9.10. The van der Waals surface area contributed by atoms with Crippen LogP contribution in [0.2, 0.25) is 10.0 Å². The van der Waals surface area contributed by atoms with Gasteiger partial charge in [0.05, 0.1) is 10.7 Å². The third kappa shape index (κ3) is 3.07. The van der Waals surface area contributed by atoms with Crippen LogP contribution in [0.15, 0.2) is 47.2 Å². The zero-order valence-corrected chi connectivity index (χ0v) is 14.7. The van der Waals surface area contributed by atoms with Crippen molar-refractivity contribution in [3.05, 3.63) is 57.2 Å². The summed E-state index contributed by atoms with van der Waals surface area (Å²) >= 11 is 15.5. The van der Waals surface area contributed by atoms with E-state index in [1.54, 1.807) is 6.07 Å². The predicted molar refractivity (Wildman–Crippen MR) is 78.3 cm³/mol. The first-order chi connectivity index (χ1) is 8.63. The van der Waals surface area contributed by atoms with Crippen LogP contribution in [0.25, 0.3) is 16.9 Å². The SMILES string of the molecule is Clc1ccc(-c2cn3cc(Br)ccc3n2)c(Cl)c1.[I-]. The van der Waals surface area contributed by atoms with Gasteiger partial charge in [-0.25, -0.2) is 4.98 Å². The average Bonchev–Trinajstić information content (AvgIpc) is 2.71. The Bertz CT molecular complexity index is 743. The van der Waals surface area contributed by atoms with Crippen LogP contribution in [0.1, 0.15) is 0 Å². The van der Waals surface area contributed by atoms with Crippen molar-refractivity contribution in [3.63, 3.8) is 0 Å². The quantitative estimate of drug-likeness (QED) is 0.500. The normalized spacial score (nSPS) is 10.5. The molecule has 0 amide bonds. The summed E-state index contributed by atoms with van der Waals surface area (Å²) in [7, 11) is 0. The van der Waals surface area contributed by atoms with E-state index in [0.29, 0.717) is 10.0 Å². The Hall–Kier alpha value is -0.300. The molecular formula is C13H7BrCl2IN2-. The van der Waals surface area contributed by atoms with Gasteiger partial charge in [-0.1, -0.05) is 23.2 Å². The van der Waals surface area contributed by atoms with Crippen molar-refractivity contribution in [1.29, 1.82) is 0 Å². The van der Waals surface area contributed by atoms with Gasteiger partial charge < -0.3 is 28.4 Å². The zero-order valence-electron chi connectivity index (χ0n) is 9.45. The fourth-order valence-electron chi connectivity index (χ4n) is 1.79. The fourth-order valence-corrected chi connectivity index (χ4v) is 2.65. The van der Waals surface area contributed by atoms with E-state index in [0.717, 1.165) is 21.4 Å². The molecule has 19 heavy (non-hydrogen) atoms. The highest BCUT2D eigenvalue weighted by Gasteiger charge is 2.08. The summed E-state index contributed by atoms with van der Waals surface area (Å²) in [5, 5.41) is 1.22. The largest absolute Gasteiger partial charge is 1.00 e. The molecule has 6 heteroatoms. The van der Waals surface area contributed by atoms with Crippen LogP contribution in [-0.4, -0.2) is 9.38 Å². The third-order valence-electron chi connectivity index (χ3n) is 2.62. The van der Waals surface area contributed by atoms with Crippen LogP contribution in [0, 0.1) is 0 Å². The minimum atomic E-state index is 0. The van der Waals surface area contributed by atoms with Gasteiger partial charge in [-0.3, -0.25) is 0 Å². The smallest absolute Gasteiger partial charge is 0.137 e. The number of rotatable bonds is 1. The molecule has 0 saturated heterocycles. The minimum Gasteiger partial charge on any atom is -1.00 e. The maximum atomic E-state index is 6.18. The lowest BCUT2D eigenvalue weighted by atomic mass is 10.2. The molecule has 0 spiro atoms. The number of aromatic nitrogens is 2. The highest BCUT2D eigenvalue weighted by atomic mass is 127. The first-order valence-electron chi connectivity index (χ1n) is 5.23. The van der Waals surface area contributed by atoms with Gasteiger partial charge in [-0.05, 0) is 46.3 Å². The van der Waals surface area contributed by atoms with E-state index < -0.39 is 0 Å². The monoisotopic (exact) mass is 467 g/mol. The molecule has 0 aliphatic heterocycles. The van der Waals surface area contributed by atoms with Gasteiger partial charge in [-0.15, -0.1) is 0 Å². The molecule has 2 heterocycles. The van der Waals surface area contributed by atoms with E-state index in [4.69, 9.17) is 23.2 Å². The Kier molecular flexibility index (Phi) is 4.76. The molecule has 0 bridgehead atoms. The molecule has 0 atom stereocenters. The Labute approximate surface area is 145 Å². The molecule has 1 aromatic carbocycles. The second-order valence-corrected chi connectivity index (χ2v) is 5.62. The zero-order chi connectivity index (χ0) is 12.7. The van der Waals surface area contributed by atoms with Crippen molar-refractivity contribution in [1.82, 2.24) is 9.38 Å². The van der Waals surface area contributed by atoms with Gasteiger partial charge in [0.2, 0.25) is 0 Å². The van der Waals surface area contributed by atoms with E-state index in [-0.39, 0.29) is 24.0 Å². The second-order valence-electron chi connectivity index (χ2n) is 3.86. The van der Waals surface area contributed by atoms with Gasteiger partial charge in [0.15, 0.2) is 0 Å².